The molecule has 0 amide bonds. The van der Waals surface area contributed by atoms with Gasteiger partial charge < -0.3 is 15.4 Å². The van der Waals surface area contributed by atoms with Gasteiger partial charge in [0.2, 0.25) is 16.0 Å². The van der Waals surface area contributed by atoms with Crippen molar-refractivity contribution in [2.45, 2.75) is 12.5 Å². The second kappa shape index (κ2) is 7.70. The van der Waals surface area contributed by atoms with Gasteiger partial charge in [-0.1, -0.05) is 0 Å². The minimum Gasteiger partial charge on any atom is -0.384 e. The molecule has 0 bridgehead atoms. The van der Waals surface area contributed by atoms with Crippen molar-refractivity contribution in [2.24, 2.45) is 0 Å². The van der Waals surface area contributed by atoms with Gasteiger partial charge in [0.05, 0.1) is 42.8 Å². The van der Waals surface area contributed by atoms with E-state index in [1.54, 1.807) is 18.5 Å². The maximum absolute atomic E-state index is 12.0. The maximum Gasteiger partial charge on any atom is 0.228 e. The fourth-order valence-corrected chi connectivity index (χ4v) is 4.94. The van der Waals surface area contributed by atoms with Crippen LogP contribution in [0.15, 0.2) is 24.5 Å². The number of rotatable bonds is 4. The zero-order valence-corrected chi connectivity index (χ0v) is 18.0. The van der Waals surface area contributed by atoms with Crippen LogP contribution in [0, 0.1) is 0 Å². The Hall–Kier alpha value is -2.83. The molecule has 3 aromatic heterocycles. The number of aromatic nitrogens is 5. The van der Waals surface area contributed by atoms with E-state index in [4.69, 9.17) is 20.4 Å². The highest BCUT2D eigenvalue weighted by Crippen LogP contribution is 2.32. The first-order valence-corrected chi connectivity index (χ1v) is 12.0. The standard InChI is InChI=1S/C19H24N8O3S/c1-31(28,29)26-5-4-14(12-26)27-18-15(11-22-27)17(13-2-3-16(20)21-10-13)23-19(24-18)25-6-8-30-9-7-25/h2-3,10-11,14H,4-9,12H2,1H3,(H2,20,21). The van der Waals surface area contributed by atoms with Crippen LogP contribution < -0.4 is 10.6 Å². The third-order valence-electron chi connectivity index (χ3n) is 5.74. The van der Waals surface area contributed by atoms with E-state index in [9.17, 15) is 8.42 Å². The number of morpholine rings is 1. The average Bonchev–Trinajstić information content (AvgIpc) is 3.41. The van der Waals surface area contributed by atoms with Gasteiger partial charge in [-0.3, -0.25) is 0 Å². The van der Waals surface area contributed by atoms with E-state index in [1.807, 2.05) is 10.7 Å². The van der Waals surface area contributed by atoms with Gasteiger partial charge in [0, 0.05) is 37.9 Å². The molecule has 0 radical (unpaired) electrons. The highest BCUT2D eigenvalue weighted by Gasteiger charge is 2.32. The molecule has 0 aromatic carbocycles. The summed E-state index contributed by atoms with van der Waals surface area (Å²) < 4.78 is 32.7. The molecule has 3 aromatic rings. The van der Waals surface area contributed by atoms with Gasteiger partial charge in [-0.05, 0) is 18.6 Å². The van der Waals surface area contributed by atoms with Crippen molar-refractivity contribution in [2.75, 3.05) is 56.3 Å². The van der Waals surface area contributed by atoms with Gasteiger partial charge >= 0.3 is 0 Å². The number of sulfonamides is 1. The number of hydrogen-bond acceptors (Lipinski definition) is 9. The van der Waals surface area contributed by atoms with E-state index in [1.165, 1.54) is 10.6 Å². The topological polar surface area (TPSA) is 132 Å². The first-order valence-electron chi connectivity index (χ1n) is 10.1. The number of ether oxygens (including phenoxy) is 1. The molecule has 11 nitrogen and oxygen atoms in total. The summed E-state index contributed by atoms with van der Waals surface area (Å²) in [5.41, 5.74) is 7.99. The summed E-state index contributed by atoms with van der Waals surface area (Å²) in [7, 11) is -3.24. The number of pyridine rings is 1. The van der Waals surface area contributed by atoms with Gasteiger partial charge in [0.25, 0.3) is 0 Å². The Morgan fingerprint density at radius 2 is 1.94 bits per heavy atom. The lowest BCUT2D eigenvalue weighted by Gasteiger charge is -2.27. The predicted octanol–water partition coefficient (Wildman–Crippen LogP) is 0.514. The van der Waals surface area contributed by atoms with E-state index < -0.39 is 10.0 Å². The van der Waals surface area contributed by atoms with Crippen LogP contribution in [0.3, 0.4) is 0 Å². The summed E-state index contributed by atoms with van der Waals surface area (Å²) in [5, 5.41) is 5.38. The lowest BCUT2D eigenvalue weighted by atomic mass is 10.1. The zero-order valence-electron chi connectivity index (χ0n) is 17.2. The summed E-state index contributed by atoms with van der Waals surface area (Å²) >= 11 is 0. The fraction of sp³-hybridized carbons (Fsp3) is 0.474. The van der Waals surface area contributed by atoms with Crippen molar-refractivity contribution in [3.8, 4) is 11.3 Å². The third-order valence-corrected chi connectivity index (χ3v) is 7.01. The molecule has 164 valence electrons. The van der Waals surface area contributed by atoms with Crippen molar-refractivity contribution in [3.63, 3.8) is 0 Å². The Balaban J connectivity index is 1.62. The van der Waals surface area contributed by atoms with Crippen molar-refractivity contribution >= 4 is 32.8 Å². The summed E-state index contributed by atoms with van der Waals surface area (Å²) in [6.07, 6.45) is 5.35. The fourth-order valence-electron chi connectivity index (χ4n) is 4.06. The molecule has 5 heterocycles. The van der Waals surface area contributed by atoms with Crippen LogP contribution in [0.4, 0.5) is 11.8 Å². The molecule has 1 unspecified atom stereocenters. The van der Waals surface area contributed by atoms with E-state index in [0.717, 1.165) is 16.6 Å². The number of nitrogens with zero attached hydrogens (tertiary/aromatic N) is 7. The molecule has 2 fully saturated rings. The van der Waals surface area contributed by atoms with E-state index >= 15 is 0 Å². The number of hydrogen-bond donors (Lipinski definition) is 1. The van der Waals surface area contributed by atoms with Gasteiger partial charge in [-0.25, -0.2) is 23.1 Å². The highest BCUT2D eigenvalue weighted by molar-refractivity contribution is 7.88. The van der Waals surface area contributed by atoms with E-state index in [0.29, 0.717) is 63.2 Å². The van der Waals surface area contributed by atoms with Crippen LogP contribution in [0.5, 0.6) is 0 Å². The van der Waals surface area contributed by atoms with Gasteiger partial charge in [-0.2, -0.15) is 14.4 Å². The largest absolute Gasteiger partial charge is 0.384 e. The molecule has 5 rings (SSSR count). The normalized spacial score (nSPS) is 20.5. The van der Waals surface area contributed by atoms with Crippen LogP contribution in [0.25, 0.3) is 22.3 Å². The van der Waals surface area contributed by atoms with E-state index in [-0.39, 0.29) is 6.04 Å². The molecular weight excluding hydrogens is 420 g/mol. The lowest BCUT2D eigenvalue weighted by Crippen LogP contribution is -2.37. The Morgan fingerprint density at radius 1 is 1.13 bits per heavy atom. The molecule has 0 saturated carbocycles. The average molecular weight is 445 g/mol. The first-order chi connectivity index (χ1) is 14.9. The lowest BCUT2D eigenvalue weighted by molar-refractivity contribution is 0.122. The first kappa shape index (κ1) is 20.1. The van der Waals surface area contributed by atoms with Crippen molar-refractivity contribution in [1.29, 1.82) is 0 Å². The second-order valence-corrected chi connectivity index (χ2v) is 9.82. The minimum atomic E-state index is -3.24. The molecule has 1 atom stereocenters. The number of nitrogens with two attached hydrogens (primary N) is 1. The van der Waals surface area contributed by atoms with E-state index in [2.05, 4.69) is 15.0 Å². The number of nitrogen functional groups attached to an aromatic ring is 1. The molecule has 2 aliphatic heterocycles. The predicted molar refractivity (Wildman–Crippen MR) is 116 cm³/mol. The Bertz CT molecular complexity index is 1200. The smallest absolute Gasteiger partial charge is 0.228 e. The summed E-state index contributed by atoms with van der Waals surface area (Å²) in [4.78, 5) is 16.0. The van der Waals surface area contributed by atoms with Crippen molar-refractivity contribution < 1.29 is 13.2 Å². The summed E-state index contributed by atoms with van der Waals surface area (Å²) in [6, 6.07) is 3.53. The van der Waals surface area contributed by atoms with Crippen LogP contribution in [0.1, 0.15) is 12.5 Å². The summed E-state index contributed by atoms with van der Waals surface area (Å²) in [6.45, 7) is 3.48. The third kappa shape index (κ3) is 3.82. The zero-order chi connectivity index (χ0) is 21.6. The van der Waals surface area contributed by atoms with Gasteiger partial charge in [-0.15, -0.1) is 0 Å². The highest BCUT2D eigenvalue weighted by atomic mass is 32.2. The molecule has 2 saturated heterocycles. The molecule has 12 heteroatoms. The molecule has 2 N–H and O–H groups in total. The monoisotopic (exact) mass is 444 g/mol. The van der Waals surface area contributed by atoms with Crippen molar-refractivity contribution in [3.05, 3.63) is 24.5 Å². The van der Waals surface area contributed by atoms with Gasteiger partial charge in [0.15, 0.2) is 5.65 Å². The Morgan fingerprint density at radius 3 is 2.61 bits per heavy atom. The second-order valence-electron chi connectivity index (χ2n) is 7.83. The van der Waals surface area contributed by atoms with Crippen LogP contribution in [-0.2, 0) is 14.8 Å². The SMILES string of the molecule is CS(=O)(=O)N1CCC(n2ncc3c(-c4ccc(N)nc4)nc(N4CCOCC4)nc32)C1. The van der Waals surface area contributed by atoms with Gasteiger partial charge in [0.1, 0.15) is 5.82 Å². The Kier molecular flexibility index (Phi) is 4.99. The van der Waals surface area contributed by atoms with Crippen LogP contribution in [-0.4, -0.2) is 83.1 Å². The molecule has 2 aliphatic rings. The quantitative estimate of drug-likeness (QED) is 0.611. The van der Waals surface area contributed by atoms with Crippen LogP contribution >= 0.6 is 0 Å². The molecular formula is C19H24N8O3S. The number of fused-ring (bicyclic) bond motifs is 1. The van der Waals surface area contributed by atoms with Crippen molar-refractivity contribution in [1.82, 2.24) is 29.0 Å². The summed E-state index contributed by atoms with van der Waals surface area (Å²) in [5.74, 6) is 1.03. The number of anilines is 2. The molecule has 0 spiro atoms. The van der Waals surface area contributed by atoms with Crippen LogP contribution in [0.2, 0.25) is 0 Å². The molecule has 0 aliphatic carbocycles. The maximum atomic E-state index is 12.0. The molecule has 31 heavy (non-hydrogen) atoms. The minimum absolute atomic E-state index is 0.0861. The Labute approximate surface area is 179 Å².